The second-order valence-corrected chi connectivity index (χ2v) is 0.289. The van der Waals surface area contributed by atoms with Crippen molar-refractivity contribution >= 4 is 0 Å². The van der Waals surface area contributed by atoms with Gasteiger partial charge in [0, 0.05) is 6.57 Å². The van der Waals surface area contributed by atoms with Crippen LogP contribution in [0.3, 0.4) is 0 Å². The smallest absolute Gasteiger partial charge is 0.358 e. The van der Waals surface area contributed by atoms with Crippen molar-refractivity contribution in [3.8, 4) is 6.57 Å². The molecule has 2 heteroatoms. The van der Waals surface area contributed by atoms with Crippen LogP contribution in [0.4, 0.5) is 0 Å². The molecule has 0 aromatic carbocycles. The van der Waals surface area contributed by atoms with Crippen molar-refractivity contribution in [2.45, 2.75) is 0 Å². The Morgan fingerprint density at radius 1 is 1.57 bits per heavy atom. The first-order valence-corrected chi connectivity index (χ1v) is 1.07. The van der Waals surface area contributed by atoms with Crippen molar-refractivity contribution in [3.05, 3.63) is 27.0 Å². The van der Waals surface area contributed by atoms with E-state index in [1.54, 1.807) is 0 Å². The van der Waals surface area contributed by atoms with Crippen LogP contribution in [0, 0.1) is 26.2 Å². The third kappa shape index (κ3) is 508. The van der Waals surface area contributed by atoms with Crippen molar-refractivity contribution in [2.75, 3.05) is 0 Å². The maximum atomic E-state index is 6.50. The molecule has 0 aromatic heterocycles. The Kier molecular flexibility index (Phi) is 1360. The molecule has 0 N–H and O–H groups in total. The zero-order chi connectivity index (χ0) is 4.71. The SMILES string of the molecule is C#N.C=C[CH2-].[CH3-].[Cu+2]. The first-order chi connectivity index (χ1) is 2.41. The average Bonchev–Trinajstić information content (AvgIpc) is 1.46. The van der Waals surface area contributed by atoms with Crippen molar-refractivity contribution in [1.29, 1.82) is 5.26 Å². The van der Waals surface area contributed by atoms with Gasteiger partial charge >= 0.3 is 17.1 Å². The zero-order valence-electron chi connectivity index (χ0n) is 4.32. The van der Waals surface area contributed by atoms with Crippen molar-refractivity contribution < 1.29 is 17.1 Å². The Labute approximate surface area is 56.5 Å². The summed E-state index contributed by atoms with van der Waals surface area (Å²) in [5.41, 5.74) is 0. The standard InChI is InChI=1S/C3H5.CHN.CH3.Cu/c1-3-2;1-2;;/h3H,1-2H2;1H;1H3;/q-1;;-1;+2. The second-order valence-electron chi connectivity index (χ2n) is 0.289. The predicted octanol–water partition coefficient (Wildman–Crippen LogP) is 1.59. The molecule has 0 bridgehead atoms. The van der Waals surface area contributed by atoms with Gasteiger partial charge < -0.3 is 7.43 Å². The Balaban J connectivity index is -0.0000000105. The molecule has 0 aliphatic rings. The number of allylic oxidation sites excluding steroid dienone is 1. The van der Waals surface area contributed by atoms with E-state index in [1.807, 2.05) is 0 Å². The third-order valence-electron chi connectivity index (χ3n) is 0. The number of rotatable bonds is 0. The van der Waals surface area contributed by atoms with Gasteiger partial charge in [-0.25, -0.2) is 24.8 Å². The summed E-state index contributed by atoms with van der Waals surface area (Å²) in [6.45, 7) is 10.0. The van der Waals surface area contributed by atoms with Crippen LogP contribution in [-0.4, -0.2) is 0 Å². The molecular weight excluding hydrogens is 138 g/mol. The molecule has 7 heavy (non-hydrogen) atoms. The summed E-state index contributed by atoms with van der Waals surface area (Å²) < 4.78 is 0. The summed E-state index contributed by atoms with van der Waals surface area (Å²) in [6.07, 6.45) is 1.50. The minimum absolute atomic E-state index is 0. The molecule has 0 fully saturated rings. The maximum absolute atomic E-state index is 6.50. The Hall–Kier alpha value is -0.381. The molecule has 0 amide bonds. The van der Waals surface area contributed by atoms with E-state index in [4.69, 9.17) is 5.26 Å². The molecule has 1 radical (unpaired) electrons. The van der Waals surface area contributed by atoms with Crippen molar-refractivity contribution in [3.63, 3.8) is 0 Å². The van der Waals surface area contributed by atoms with Crippen LogP contribution in [0.1, 0.15) is 0 Å². The Morgan fingerprint density at radius 3 is 1.57 bits per heavy atom. The van der Waals surface area contributed by atoms with Crippen LogP contribution < -0.4 is 0 Å². The van der Waals surface area contributed by atoms with Gasteiger partial charge in [-0.1, -0.05) is 0 Å². The van der Waals surface area contributed by atoms with Gasteiger partial charge in [-0.05, 0) is 0 Å². The number of hydrogen-bond donors (Lipinski definition) is 0. The molecule has 0 heterocycles. The Bertz CT molecular complexity index is 32.3. The average molecular weight is 147 g/mol. The van der Waals surface area contributed by atoms with Crippen molar-refractivity contribution in [2.24, 2.45) is 0 Å². The molecule has 0 saturated carbocycles. The minimum Gasteiger partial charge on any atom is -0.358 e. The van der Waals surface area contributed by atoms with E-state index >= 15 is 0 Å². The fraction of sp³-hybridized carbons (Fsp3) is 0. The normalized spacial score (nSPS) is 2.00. The number of hydrogen-bond acceptors (Lipinski definition) is 1. The van der Waals surface area contributed by atoms with Gasteiger partial charge in [0.1, 0.15) is 0 Å². The van der Waals surface area contributed by atoms with E-state index in [1.165, 1.54) is 6.08 Å². The fourth-order valence-electron chi connectivity index (χ4n) is 0. The summed E-state index contributed by atoms with van der Waals surface area (Å²) in [5.74, 6) is 0. The van der Waals surface area contributed by atoms with Crippen molar-refractivity contribution in [1.82, 2.24) is 0 Å². The summed E-state index contributed by atoms with van der Waals surface area (Å²) >= 11 is 0. The van der Waals surface area contributed by atoms with Gasteiger partial charge in [0.05, 0.1) is 0 Å². The van der Waals surface area contributed by atoms with Crippen LogP contribution in [0.5, 0.6) is 0 Å². The van der Waals surface area contributed by atoms with Gasteiger partial charge in [0.25, 0.3) is 0 Å². The molecule has 0 aliphatic carbocycles. The van der Waals surface area contributed by atoms with E-state index in [-0.39, 0.29) is 24.5 Å². The molecule has 0 spiro atoms. The van der Waals surface area contributed by atoms with E-state index < -0.39 is 0 Å². The molecule has 0 aliphatic heterocycles. The minimum atomic E-state index is 0. The van der Waals surface area contributed by atoms with Gasteiger partial charge in [-0.15, -0.1) is 0 Å². The molecule has 0 rings (SSSR count). The summed E-state index contributed by atoms with van der Waals surface area (Å²) in [6, 6.07) is 0. The van der Waals surface area contributed by atoms with Crippen LogP contribution >= 0.6 is 0 Å². The molecule has 1 nitrogen and oxygen atoms in total. The van der Waals surface area contributed by atoms with E-state index in [9.17, 15) is 0 Å². The van der Waals surface area contributed by atoms with Gasteiger partial charge in [0.15, 0.2) is 0 Å². The number of nitrogens with zero attached hydrogens (tertiary/aromatic N) is 1. The van der Waals surface area contributed by atoms with Crippen LogP contribution in [0.2, 0.25) is 0 Å². The molecule has 0 atom stereocenters. The first kappa shape index (κ1) is 30.5. The summed E-state index contributed by atoms with van der Waals surface area (Å²) in [4.78, 5) is 0. The van der Waals surface area contributed by atoms with E-state index in [2.05, 4.69) is 20.1 Å². The summed E-state index contributed by atoms with van der Waals surface area (Å²) in [5, 5.41) is 6.50. The molecule has 45 valence electrons. The second kappa shape index (κ2) is 312. The van der Waals surface area contributed by atoms with Crippen LogP contribution in [-0.2, 0) is 17.1 Å². The number of nitriles is 1. The maximum Gasteiger partial charge on any atom is 2.00 e. The fourth-order valence-corrected chi connectivity index (χ4v) is 0. The van der Waals surface area contributed by atoms with Crippen LogP contribution in [0.25, 0.3) is 0 Å². The predicted molar refractivity (Wildman–Crippen MR) is 28.6 cm³/mol. The topological polar surface area (TPSA) is 23.8 Å². The van der Waals surface area contributed by atoms with Gasteiger partial charge in [-0.2, -0.15) is 0 Å². The monoisotopic (exact) mass is 146 g/mol. The molecule has 0 aromatic rings. The summed E-state index contributed by atoms with van der Waals surface area (Å²) in [7, 11) is 0. The third-order valence-corrected chi connectivity index (χ3v) is 0. The molecular formula is C5H9CuN. The molecule has 0 unspecified atom stereocenters. The molecule has 0 saturated heterocycles. The largest absolute Gasteiger partial charge is 2.00 e. The van der Waals surface area contributed by atoms with E-state index in [0.717, 1.165) is 0 Å². The zero-order valence-corrected chi connectivity index (χ0v) is 5.26. The van der Waals surface area contributed by atoms with E-state index in [0.29, 0.717) is 0 Å². The van der Waals surface area contributed by atoms with Gasteiger partial charge in [-0.3, -0.25) is 0 Å². The quantitative estimate of drug-likeness (QED) is 0.376. The van der Waals surface area contributed by atoms with Crippen LogP contribution in [0.15, 0.2) is 12.7 Å². The van der Waals surface area contributed by atoms with Gasteiger partial charge in [0.2, 0.25) is 0 Å². The Morgan fingerprint density at radius 2 is 1.57 bits per heavy atom. The first-order valence-electron chi connectivity index (χ1n) is 1.07.